The van der Waals surface area contributed by atoms with E-state index in [0.29, 0.717) is 18.5 Å². The third-order valence-electron chi connectivity index (χ3n) is 6.88. The molecular weight excluding hydrogens is 496 g/mol. The fourth-order valence-corrected chi connectivity index (χ4v) is 6.05. The number of hydrogen-bond donors (Lipinski definition) is 1. The fraction of sp³-hybridized carbons (Fsp3) is 0.233. The van der Waals surface area contributed by atoms with Crippen molar-refractivity contribution in [3.05, 3.63) is 114 Å². The Bertz CT molecular complexity index is 1510. The van der Waals surface area contributed by atoms with Crippen molar-refractivity contribution in [3.63, 3.8) is 0 Å². The molecule has 38 heavy (non-hydrogen) atoms. The fourth-order valence-electron chi connectivity index (χ4n) is 4.80. The summed E-state index contributed by atoms with van der Waals surface area (Å²) >= 11 is 0. The van der Waals surface area contributed by atoms with Crippen LogP contribution in [0.4, 0.5) is 11.6 Å². The highest BCUT2D eigenvalue weighted by atomic mass is 32.2. The molecule has 1 atom stereocenters. The number of aryl methyl sites for hydroxylation is 3. The zero-order valence-electron chi connectivity index (χ0n) is 21.2. The van der Waals surface area contributed by atoms with Gasteiger partial charge in [0.1, 0.15) is 0 Å². The summed E-state index contributed by atoms with van der Waals surface area (Å²) in [7, 11) is -3.71. The summed E-state index contributed by atoms with van der Waals surface area (Å²) in [4.78, 5) is 23.9. The Kier molecular flexibility index (Phi) is 7.62. The first-order chi connectivity index (χ1) is 18.4. The highest BCUT2D eigenvalue weighted by Crippen LogP contribution is 2.36. The monoisotopic (exact) mass is 526 g/mol. The number of sulfonamides is 1. The van der Waals surface area contributed by atoms with Crippen LogP contribution in [0.25, 0.3) is 0 Å². The van der Waals surface area contributed by atoms with E-state index in [4.69, 9.17) is 0 Å². The highest BCUT2D eigenvalue weighted by molar-refractivity contribution is 7.89. The van der Waals surface area contributed by atoms with Crippen LogP contribution in [0.5, 0.6) is 0 Å². The highest BCUT2D eigenvalue weighted by Gasteiger charge is 2.29. The molecule has 0 saturated carbocycles. The Morgan fingerprint density at radius 3 is 2.39 bits per heavy atom. The number of hydrogen-bond acceptors (Lipinski definition) is 5. The summed E-state index contributed by atoms with van der Waals surface area (Å²) in [6, 6.07) is 23.9. The number of fused-ring (bicyclic) bond motifs is 1. The van der Waals surface area contributed by atoms with Crippen LogP contribution in [0.15, 0.2) is 96.2 Å². The SMILES string of the molecule is CCc1ccc(S(=O)(=O)NC2CCc3ccc(N(C(=O)CCc4ccccc4)c4ncccn4)cc32)cc1. The molecule has 1 N–H and O–H groups in total. The van der Waals surface area contributed by atoms with Crippen LogP contribution in [0.3, 0.4) is 0 Å². The predicted molar refractivity (Wildman–Crippen MR) is 148 cm³/mol. The summed E-state index contributed by atoms with van der Waals surface area (Å²) in [5.74, 6) is 0.155. The van der Waals surface area contributed by atoms with Gasteiger partial charge in [0.25, 0.3) is 0 Å². The van der Waals surface area contributed by atoms with Crippen LogP contribution in [0.1, 0.15) is 48.1 Å². The van der Waals surface area contributed by atoms with E-state index in [1.165, 1.54) is 4.90 Å². The summed E-state index contributed by atoms with van der Waals surface area (Å²) in [6.07, 6.45) is 6.33. The lowest BCUT2D eigenvalue weighted by Gasteiger charge is -2.23. The maximum atomic E-state index is 13.5. The van der Waals surface area contributed by atoms with Gasteiger partial charge in [-0.1, -0.05) is 55.5 Å². The van der Waals surface area contributed by atoms with Crippen LogP contribution >= 0.6 is 0 Å². The summed E-state index contributed by atoms with van der Waals surface area (Å²) < 4.78 is 29.2. The van der Waals surface area contributed by atoms with E-state index >= 15 is 0 Å². The van der Waals surface area contributed by atoms with Gasteiger partial charge in [0.05, 0.1) is 10.6 Å². The van der Waals surface area contributed by atoms with Gasteiger partial charge in [0, 0.05) is 24.9 Å². The molecule has 0 saturated heterocycles. The first-order valence-electron chi connectivity index (χ1n) is 12.8. The minimum atomic E-state index is -3.71. The Morgan fingerprint density at radius 1 is 0.947 bits per heavy atom. The molecule has 194 valence electrons. The maximum Gasteiger partial charge on any atom is 0.241 e. The first kappa shape index (κ1) is 25.8. The van der Waals surface area contributed by atoms with E-state index in [9.17, 15) is 13.2 Å². The lowest BCUT2D eigenvalue weighted by atomic mass is 10.1. The minimum absolute atomic E-state index is 0.133. The van der Waals surface area contributed by atoms with Crippen molar-refractivity contribution in [1.29, 1.82) is 0 Å². The number of benzene rings is 3. The van der Waals surface area contributed by atoms with Crippen LogP contribution in [-0.4, -0.2) is 24.3 Å². The van der Waals surface area contributed by atoms with Crippen LogP contribution in [0.2, 0.25) is 0 Å². The van der Waals surface area contributed by atoms with E-state index in [0.717, 1.165) is 35.1 Å². The molecule has 4 aromatic rings. The Morgan fingerprint density at radius 2 is 1.68 bits per heavy atom. The minimum Gasteiger partial charge on any atom is -0.274 e. The average Bonchev–Trinajstić information content (AvgIpc) is 3.34. The quantitative estimate of drug-likeness (QED) is 0.319. The zero-order chi connectivity index (χ0) is 26.5. The molecule has 0 spiro atoms. The van der Waals surface area contributed by atoms with Gasteiger partial charge < -0.3 is 0 Å². The van der Waals surface area contributed by atoms with Gasteiger partial charge in [-0.25, -0.2) is 28.0 Å². The number of carbonyl (C=O) groups excluding carboxylic acids is 1. The van der Waals surface area contributed by atoms with Crippen molar-refractivity contribution in [2.75, 3.05) is 4.90 Å². The van der Waals surface area contributed by atoms with Gasteiger partial charge in [-0.3, -0.25) is 4.79 Å². The average molecular weight is 527 g/mol. The van der Waals surface area contributed by atoms with Gasteiger partial charge in [-0.15, -0.1) is 0 Å². The molecule has 1 unspecified atom stereocenters. The molecule has 0 radical (unpaired) electrons. The molecule has 1 heterocycles. The van der Waals surface area contributed by atoms with Gasteiger partial charge in [-0.2, -0.15) is 0 Å². The zero-order valence-corrected chi connectivity index (χ0v) is 22.1. The van der Waals surface area contributed by atoms with Crippen molar-refractivity contribution in [2.45, 2.75) is 50.0 Å². The molecule has 7 nitrogen and oxygen atoms in total. The summed E-state index contributed by atoms with van der Waals surface area (Å²) in [5.41, 5.74) is 4.71. The topological polar surface area (TPSA) is 92.3 Å². The van der Waals surface area contributed by atoms with E-state index in [1.807, 2.05) is 67.6 Å². The molecule has 0 bridgehead atoms. The second kappa shape index (κ2) is 11.2. The van der Waals surface area contributed by atoms with Gasteiger partial charge in [-0.05, 0) is 78.3 Å². The summed E-state index contributed by atoms with van der Waals surface area (Å²) in [5, 5.41) is 0. The first-order valence-corrected chi connectivity index (χ1v) is 14.3. The number of rotatable bonds is 9. The molecule has 5 rings (SSSR count). The molecule has 0 fully saturated rings. The smallest absolute Gasteiger partial charge is 0.241 e. The number of anilines is 2. The van der Waals surface area contributed by atoms with Crippen molar-refractivity contribution in [2.24, 2.45) is 0 Å². The lowest BCUT2D eigenvalue weighted by Crippen LogP contribution is -2.29. The van der Waals surface area contributed by atoms with Gasteiger partial charge >= 0.3 is 0 Å². The van der Waals surface area contributed by atoms with Crippen molar-refractivity contribution in [3.8, 4) is 0 Å². The molecule has 0 aliphatic heterocycles. The number of aromatic nitrogens is 2. The number of amides is 1. The number of nitrogens with zero attached hydrogens (tertiary/aromatic N) is 3. The van der Waals surface area contributed by atoms with E-state index in [2.05, 4.69) is 14.7 Å². The maximum absolute atomic E-state index is 13.5. The largest absolute Gasteiger partial charge is 0.274 e. The van der Waals surface area contributed by atoms with Gasteiger partial charge in [0.2, 0.25) is 21.9 Å². The molecule has 3 aromatic carbocycles. The van der Waals surface area contributed by atoms with Crippen molar-refractivity contribution in [1.82, 2.24) is 14.7 Å². The molecular formula is C30H30N4O3S. The van der Waals surface area contributed by atoms with Crippen LogP contribution < -0.4 is 9.62 Å². The third-order valence-corrected chi connectivity index (χ3v) is 8.36. The Labute approximate surface area is 223 Å². The van der Waals surface area contributed by atoms with E-state index < -0.39 is 16.1 Å². The molecule has 1 amide bonds. The van der Waals surface area contributed by atoms with Gasteiger partial charge in [0.15, 0.2) is 0 Å². The number of carbonyl (C=O) groups is 1. The molecule has 1 aromatic heterocycles. The number of nitrogens with one attached hydrogen (secondary N) is 1. The lowest BCUT2D eigenvalue weighted by molar-refractivity contribution is -0.117. The second-order valence-corrected chi connectivity index (χ2v) is 11.1. The molecule has 1 aliphatic carbocycles. The predicted octanol–water partition coefficient (Wildman–Crippen LogP) is 5.30. The van der Waals surface area contributed by atoms with E-state index in [1.54, 1.807) is 30.6 Å². The molecule has 1 aliphatic rings. The Balaban J connectivity index is 1.42. The molecule has 8 heteroatoms. The van der Waals surface area contributed by atoms with Crippen molar-refractivity contribution >= 4 is 27.6 Å². The standard InChI is InChI=1S/C30H30N4O3S/c1-2-22-9-15-26(16-10-22)38(36,37)33-28-17-13-24-12-14-25(21-27(24)28)34(30-31-19-6-20-32-30)29(35)18-11-23-7-4-3-5-8-23/h3-10,12,14-16,19-21,28,33H,2,11,13,17-18H2,1H3. The van der Waals surface area contributed by atoms with Crippen LogP contribution in [-0.2, 0) is 34.1 Å². The second-order valence-electron chi connectivity index (χ2n) is 9.36. The van der Waals surface area contributed by atoms with Crippen LogP contribution in [0, 0.1) is 0 Å². The van der Waals surface area contributed by atoms with Crippen molar-refractivity contribution < 1.29 is 13.2 Å². The third kappa shape index (κ3) is 5.66. The summed E-state index contributed by atoms with van der Waals surface area (Å²) in [6.45, 7) is 2.03. The van der Waals surface area contributed by atoms with E-state index in [-0.39, 0.29) is 23.2 Å². The Hall–Kier alpha value is -3.88. The normalized spacial score (nSPS) is 14.7.